The number of hydrogen-bond acceptors (Lipinski definition) is 2. The molecule has 0 radical (unpaired) electrons. The number of benzene rings is 1. The van der Waals surface area contributed by atoms with Crippen LogP contribution in [0, 0.1) is 12.7 Å². The Balaban J connectivity index is 1.71. The van der Waals surface area contributed by atoms with Gasteiger partial charge in [-0.3, -0.25) is 9.59 Å². The lowest BCUT2D eigenvalue weighted by atomic mass is 9.92. The summed E-state index contributed by atoms with van der Waals surface area (Å²) in [6.07, 6.45) is 4.42. The van der Waals surface area contributed by atoms with Crippen LogP contribution in [-0.2, 0) is 24.2 Å². The molecule has 2 aliphatic rings. The van der Waals surface area contributed by atoms with Crippen LogP contribution >= 0.6 is 0 Å². The number of amides is 1. The molecule has 1 N–H and O–H groups in total. The molecule has 1 fully saturated rings. The fourth-order valence-corrected chi connectivity index (χ4v) is 3.88. The monoisotopic (exact) mass is 354 g/mol. The molecular formula is C21H23FN2O2. The number of rotatable bonds is 5. The van der Waals surface area contributed by atoms with E-state index in [0.717, 1.165) is 42.6 Å². The zero-order chi connectivity index (χ0) is 18.3. The van der Waals surface area contributed by atoms with Crippen LogP contribution in [0.4, 0.5) is 4.39 Å². The molecule has 1 saturated carbocycles. The van der Waals surface area contributed by atoms with Gasteiger partial charge in [-0.25, -0.2) is 4.39 Å². The van der Waals surface area contributed by atoms with Crippen LogP contribution in [0.15, 0.2) is 24.3 Å². The van der Waals surface area contributed by atoms with Gasteiger partial charge in [0.1, 0.15) is 5.82 Å². The minimum Gasteiger partial charge on any atom is -0.353 e. The predicted molar refractivity (Wildman–Crippen MR) is 96.8 cm³/mol. The first-order valence-electron chi connectivity index (χ1n) is 9.31. The van der Waals surface area contributed by atoms with E-state index in [1.165, 1.54) is 6.07 Å². The van der Waals surface area contributed by atoms with Crippen molar-refractivity contribution in [2.24, 2.45) is 0 Å². The van der Waals surface area contributed by atoms with E-state index in [0.29, 0.717) is 30.1 Å². The minimum absolute atomic E-state index is 0.0279. The van der Waals surface area contributed by atoms with E-state index in [4.69, 9.17) is 0 Å². The highest BCUT2D eigenvalue weighted by Crippen LogP contribution is 2.31. The van der Waals surface area contributed by atoms with Crippen molar-refractivity contribution in [1.29, 1.82) is 0 Å². The van der Waals surface area contributed by atoms with Crippen LogP contribution in [0.1, 0.15) is 58.6 Å². The number of aromatic nitrogens is 1. The molecular weight excluding hydrogens is 331 g/mol. The smallest absolute Gasteiger partial charge is 0.224 e. The number of fused-ring (bicyclic) bond motifs is 1. The molecule has 4 nitrogen and oxygen atoms in total. The fraction of sp³-hybridized carbons (Fsp3) is 0.429. The van der Waals surface area contributed by atoms with Gasteiger partial charge in [-0.1, -0.05) is 18.2 Å². The van der Waals surface area contributed by atoms with Gasteiger partial charge in [0.05, 0.1) is 13.0 Å². The Morgan fingerprint density at radius 1 is 1.27 bits per heavy atom. The zero-order valence-electron chi connectivity index (χ0n) is 15.0. The van der Waals surface area contributed by atoms with E-state index in [2.05, 4.69) is 5.32 Å². The lowest BCUT2D eigenvalue weighted by molar-refractivity contribution is -0.120. The molecule has 1 heterocycles. The van der Waals surface area contributed by atoms with Crippen molar-refractivity contribution in [1.82, 2.24) is 9.88 Å². The maximum Gasteiger partial charge on any atom is 0.224 e. The Labute approximate surface area is 152 Å². The summed E-state index contributed by atoms with van der Waals surface area (Å²) >= 11 is 0. The van der Waals surface area contributed by atoms with Crippen molar-refractivity contribution in [3.05, 3.63) is 58.2 Å². The van der Waals surface area contributed by atoms with E-state index in [1.54, 1.807) is 12.1 Å². The normalized spacial score (nSPS) is 16.5. The number of carbonyl (C=O) groups is 2. The van der Waals surface area contributed by atoms with Crippen LogP contribution in [0.5, 0.6) is 0 Å². The lowest BCUT2D eigenvalue weighted by Gasteiger charge is -2.16. The number of ketones is 1. The van der Waals surface area contributed by atoms with Gasteiger partial charge in [-0.2, -0.15) is 0 Å². The first kappa shape index (κ1) is 17.0. The number of nitrogens with one attached hydrogen (secondary N) is 1. The van der Waals surface area contributed by atoms with Gasteiger partial charge < -0.3 is 9.88 Å². The number of Topliss-reactive ketones (excluding diaryl/α,β-unsaturated/α-hetero) is 1. The van der Waals surface area contributed by atoms with Crippen molar-refractivity contribution in [3.63, 3.8) is 0 Å². The second kappa shape index (κ2) is 6.71. The van der Waals surface area contributed by atoms with Gasteiger partial charge in [0.15, 0.2) is 5.78 Å². The Hall–Kier alpha value is -2.43. The highest BCUT2D eigenvalue weighted by molar-refractivity contribution is 6.01. The van der Waals surface area contributed by atoms with Crippen LogP contribution in [0.3, 0.4) is 0 Å². The summed E-state index contributed by atoms with van der Waals surface area (Å²) in [6, 6.07) is 7.02. The van der Waals surface area contributed by atoms with Crippen LogP contribution in [0.2, 0.25) is 0 Å². The minimum atomic E-state index is -0.246. The predicted octanol–water partition coefficient (Wildman–Crippen LogP) is 3.32. The molecule has 0 atom stereocenters. The molecule has 136 valence electrons. The summed E-state index contributed by atoms with van der Waals surface area (Å²) in [5.74, 6) is -0.166. The van der Waals surface area contributed by atoms with Crippen LogP contribution in [-0.4, -0.2) is 22.3 Å². The SMILES string of the molecule is Cc1c(CC(=O)NC2CC2)c2c(n1Cc1ccccc1F)CCCC2=O. The third-order valence-corrected chi connectivity index (χ3v) is 5.42. The highest BCUT2D eigenvalue weighted by atomic mass is 19.1. The van der Waals surface area contributed by atoms with E-state index in [1.807, 2.05) is 17.6 Å². The molecule has 0 saturated heterocycles. The fourth-order valence-electron chi connectivity index (χ4n) is 3.88. The highest BCUT2D eigenvalue weighted by Gasteiger charge is 2.30. The van der Waals surface area contributed by atoms with Gasteiger partial charge >= 0.3 is 0 Å². The van der Waals surface area contributed by atoms with E-state index >= 15 is 0 Å². The second-order valence-electron chi connectivity index (χ2n) is 7.36. The molecule has 0 bridgehead atoms. The maximum absolute atomic E-state index is 14.1. The van der Waals surface area contributed by atoms with Crippen molar-refractivity contribution in [2.75, 3.05) is 0 Å². The Morgan fingerprint density at radius 3 is 2.77 bits per heavy atom. The standard InChI is InChI=1S/C21H23FN2O2/c1-13-16(11-20(26)23-15-9-10-15)21-18(7-4-8-19(21)25)24(13)12-14-5-2-3-6-17(14)22/h2-3,5-6,15H,4,7-12H2,1H3,(H,23,26). The maximum atomic E-state index is 14.1. The average molecular weight is 354 g/mol. The molecule has 2 aliphatic carbocycles. The molecule has 0 spiro atoms. The van der Waals surface area contributed by atoms with Gasteiger partial charge in [0.2, 0.25) is 5.91 Å². The van der Waals surface area contributed by atoms with Gasteiger partial charge in [-0.05, 0) is 44.2 Å². The molecule has 4 rings (SSSR count). The largest absolute Gasteiger partial charge is 0.353 e. The first-order valence-corrected chi connectivity index (χ1v) is 9.31. The zero-order valence-corrected chi connectivity index (χ0v) is 15.0. The summed E-state index contributed by atoms with van der Waals surface area (Å²) in [6.45, 7) is 2.32. The third kappa shape index (κ3) is 3.18. The van der Waals surface area contributed by atoms with Gasteiger partial charge in [0, 0.05) is 35.0 Å². The van der Waals surface area contributed by atoms with E-state index in [9.17, 15) is 14.0 Å². The Morgan fingerprint density at radius 2 is 2.04 bits per heavy atom. The van der Waals surface area contributed by atoms with Crippen LogP contribution in [0.25, 0.3) is 0 Å². The van der Waals surface area contributed by atoms with Gasteiger partial charge in [0.25, 0.3) is 0 Å². The number of halogens is 1. The number of nitrogens with zero attached hydrogens (tertiary/aromatic N) is 1. The Kier molecular flexibility index (Phi) is 4.39. The first-order chi connectivity index (χ1) is 12.5. The summed E-state index contributed by atoms with van der Waals surface area (Å²) in [7, 11) is 0. The topological polar surface area (TPSA) is 51.1 Å². The van der Waals surface area contributed by atoms with Crippen LogP contribution < -0.4 is 5.32 Å². The van der Waals surface area contributed by atoms with Crippen molar-refractivity contribution >= 4 is 11.7 Å². The molecule has 0 aliphatic heterocycles. The van der Waals surface area contributed by atoms with Crippen molar-refractivity contribution in [2.45, 2.75) is 58.0 Å². The summed E-state index contributed by atoms with van der Waals surface area (Å²) in [5, 5.41) is 3.00. The Bertz CT molecular complexity index is 880. The lowest BCUT2D eigenvalue weighted by Crippen LogP contribution is -2.27. The molecule has 1 amide bonds. The molecule has 0 unspecified atom stereocenters. The molecule has 2 aromatic rings. The molecule has 1 aromatic carbocycles. The third-order valence-electron chi connectivity index (χ3n) is 5.42. The average Bonchev–Trinajstić information content (AvgIpc) is 3.38. The second-order valence-corrected chi connectivity index (χ2v) is 7.36. The number of carbonyl (C=O) groups excluding carboxylic acids is 2. The van der Waals surface area contributed by atoms with Gasteiger partial charge in [-0.15, -0.1) is 0 Å². The van der Waals surface area contributed by atoms with E-state index in [-0.39, 0.29) is 23.9 Å². The summed E-state index contributed by atoms with van der Waals surface area (Å²) < 4.78 is 16.2. The van der Waals surface area contributed by atoms with E-state index < -0.39 is 0 Å². The van der Waals surface area contributed by atoms with Crippen molar-refractivity contribution in [3.8, 4) is 0 Å². The number of hydrogen-bond donors (Lipinski definition) is 1. The van der Waals surface area contributed by atoms with Crippen molar-refractivity contribution < 1.29 is 14.0 Å². The summed E-state index contributed by atoms with van der Waals surface area (Å²) in [5.41, 5.74) is 3.98. The quantitative estimate of drug-likeness (QED) is 0.895. The molecule has 1 aromatic heterocycles. The summed E-state index contributed by atoms with van der Waals surface area (Å²) in [4.78, 5) is 24.9. The molecule has 26 heavy (non-hydrogen) atoms. The molecule has 5 heteroatoms.